The molecule has 3 rings (SSSR count). The van der Waals surface area contributed by atoms with Crippen molar-refractivity contribution in [2.75, 3.05) is 19.8 Å². The van der Waals surface area contributed by atoms with Crippen LogP contribution in [0.3, 0.4) is 0 Å². The summed E-state index contributed by atoms with van der Waals surface area (Å²) in [5.74, 6) is -0.977. The van der Waals surface area contributed by atoms with E-state index in [1.54, 1.807) is 57.2 Å². The molecule has 0 aliphatic heterocycles. The van der Waals surface area contributed by atoms with Gasteiger partial charge in [0.25, 0.3) is 0 Å². The van der Waals surface area contributed by atoms with E-state index in [2.05, 4.69) is 20.8 Å². The summed E-state index contributed by atoms with van der Waals surface area (Å²) >= 11 is 0. The Bertz CT molecular complexity index is 1250. The molecule has 0 saturated heterocycles. The number of carbonyl (C=O) groups excluding carboxylic acids is 1. The van der Waals surface area contributed by atoms with Crippen LogP contribution in [0.15, 0.2) is 54.6 Å². The van der Waals surface area contributed by atoms with Gasteiger partial charge in [-0.3, -0.25) is 0 Å². The SMILES string of the molecule is CCCCCOc1cccc(C(=O)O)c1C.CCCCCOc1cccc(C(=O)O)c1C.CCCCCOc1cccc(C(=O)[O-])c1C.[Ca+2]. The zero-order valence-corrected chi connectivity index (χ0v) is 32.3. The molecule has 0 aliphatic carbocycles. The van der Waals surface area contributed by atoms with Gasteiger partial charge in [0.05, 0.1) is 36.9 Å². The van der Waals surface area contributed by atoms with Crippen LogP contribution in [0.5, 0.6) is 17.2 Å². The van der Waals surface area contributed by atoms with Crippen LogP contribution in [0.4, 0.5) is 0 Å². The third kappa shape index (κ3) is 17.3. The first-order valence-corrected chi connectivity index (χ1v) is 16.8. The summed E-state index contributed by atoms with van der Waals surface area (Å²) in [6, 6.07) is 15.2. The molecular formula is C39H53CaO9+. The van der Waals surface area contributed by atoms with Gasteiger partial charge in [0.1, 0.15) is 17.2 Å². The summed E-state index contributed by atoms with van der Waals surface area (Å²) in [4.78, 5) is 32.6. The molecule has 3 aromatic carbocycles. The molecule has 0 aromatic heterocycles. The van der Waals surface area contributed by atoms with Crippen molar-refractivity contribution in [2.24, 2.45) is 0 Å². The Morgan fingerprint density at radius 1 is 0.531 bits per heavy atom. The van der Waals surface area contributed by atoms with E-state index in [1.165, 1.54) is 6.07 Å². The minimum Gasteiger partial charge on any atom is -0.545 e. The van der Waals surface area contributed by atoms with Crippen LogP contribution in [0.25, 0.3) is 0 Å². The summed E-state index contributed by atoms with van der Waals surface area (Å²) in [5.41, 5.74) is 2.87. The Morgan fingerprint density at radius 2 is 0.816 bits per heavy atom. The first-order valence-electron chi connectivity index (χ1n) is 16.8. The van der Waals surface area contributed by atoms with Crippen LogP contribution in [0.2, 0.25) is 0 Å². The number of hydrogen-bond donors (Lipinski definition) is 2. The Hall–Kier alpha value is -3.27. The summed E-state index contributed by atoms with van der Waals surface area (Å²) < 4.78 is 16.7. The Kier molecular flexibility index (Phi) is 24.8. The van der Waals surface area contributed by atoms with E-state index in [0.29, 0.717) is 64.9 Å². The van der Waals surface area contributed by atoms with E-state index in [0.717, 1.165) is 57.8 Å². The van der Waals surface area contributed by atoms with Crippen molar-refractivity contribution >= 4 is 55.6 Å². The number of carboxylic acids is 3. The van der Waals surface area contributed by atoms with E-state index in [9.17, 15) is 19.5 Å². The van der Waals surface area contributed by atoms with Gasteiger partial charge < -0.3 is 34.3 Å². The van der Waals surface area contributed by atoms with Gasteiger partial charge in [-0.15, -0.1) is 0 Å². The Morgan fingerprint density at radius 3 is 1.08 bits per heavy atom. The van der Waals surface area contributed by atoms with Crippen LogP contribution in [-0.4, -0.2) is 85.7 Å². The van der Waals surface area contributed by atoms with Crippen molar-refractivity contribution in [3.8, 4) is 17.2 Å². The minimum atomic E-state index is -1.16. The summed E-state index contributed by atoms with van der Waals surface area (Å²) in [5, 5.41) is 28.7. The molecule has 10 heteroatoms. The van der Waals surface area contributed by atoms with Crippen LogP contribution in [0.1, 0.15) is 126 Å². The topological polar surface area (TPSA) is 142 Å². The van der Waals surface area contributed by atoms with Gasteiger partial charge >= 0.3 is 49.7 Å². The number of ether oxygens (including phenoxy) is 3. The molecule has 0 spiro atoms. The molecule has 0 amide bonds. The van der Waals surface area contributed by atoms with E-state index < -0.39 is 17.9 Å². The number of unbranched alkanes of at least 4 members (excludes halogenated alkanes) is 6. The molecule has 3 aromatic rings. The molecule has 0 fully saturated rings. The second kappa shape index (κ2) is 26.6. The van der Waals surface area contributed by atoms with Crippen LogP contribution in [-0.2, 0) is 0 Å². The average Bonchev–Trinajstić information content (AvgIpc) is 3.05. The number of hydrogen-bond acceptors (Lipinski definition) is 7. The third-order valence-corrected chi connectivity index (χ3v) is 7.55. The quantitative estimate of drug-likeness (QED) is 0.0992. The minimum absolute atomic E-state index is 0. The molecule has 0 radical (unpaired) electrons. The van der Waals surface area contributed by atoms with E-state index in [1.807, 2.05) is 12.1 Å². The molecule has 0 atom stereocenters. The fourth-order valence-electron chi connectivity index (χ4n) is 4.60. The maximum absolute atomic E-state index is 10.9. The normalized spacial score (nSPS) is 9.92. The summed E-state index contributed by atoms with van der Waals surface area (Å²) in [7, 11) is 0. The number of carbonyl (C=O) groups is 3. The fraction of sp³-hybridized carbons (Fsp3) is 0.462. The van der Waals surface area contributed by atoms with Gasteiger partial charge in [-0.05, 0) is 70.4 Å². The molecule has 0 heterocycles. The monoisotopic (exact) mass is 705 g/mol. The molecule has 49 heavy (non-hydrogen) atoms. The van der Waals surface area contributed by atoms with Crippen molar-refractivity contribution in [1.82, 2.24) is 0 Å². The van der Waals surface area contributed by atoms with Gasteiger partial charge in [-0.2, -0.15) is 0 Å². The van der Waals surface area contributed by atoms with Crippen LogP contribution < -0.4 is 19.3 Å². The van der Waals surface area contributed by atoms with Gasteiger partial charge in [0.15, 0.2) is 0 Å². The molecule has 264 valence electrons. The molecule has 2 N–H and O–H groups in total. The van der Waals surface area contributed by atoms with Crippen LogP contribution >= 0.6 is 0 Å². The maximum Gasteiger partial charge on any atom is 2.00 e. The first kappa shape index (κ1) is 45.7. The molecule has 0 aliphatic rings. The van der Waals surface area contributed by atoms with Gasteiger partial charge in [-0.1, -0.05) is 83.6 Å². The van der Waals surface area contributed by atoms with Crippen LogP contribution in [0, 0.1) is 20.8 Å². The summed E-state index contributed by atoms with van der Waals surface area (Å²) in [6.07, 6.45) is 9.84. The molecule has 0 bridgehead atoms. The maximum atomic E-state index is 10.9. The smallest absolute Gasteiger partial charge is 0.545 e. The number of benzene rings is 3. The van der Waals surface area contributed by atoms with Crippen molar-refractivity contribution < 1.29 is 43.9 Å². The van der Waals surface area contributed by atoms with E-state index in [4.69, 9.17) is 24.4 Å². The van der Waals surface area contributed by atoms with E-state index >= 15 is 0 Å². The third-order valence-electron chi connectivity index (χ3n) is 7.55. The molecule has 0 saturated carbocycles. The van der Waals surface area contributed by atoms with Gasteiger partial charge in [0, 0.05) is 22.3 Å². The second-order valence-corrected chi connectivity index (χ2v) is 11.4. The predicted molar refractivity (Wildman–Crippen MR) is 193 cm³/mol. The molecule has 0 unspecified atom stereocenters. The molecule has 9 nitrogen and oxygen atoms in total. The van der Waals surface area contributed by atoms with Crippen molar-refractivity contribution in [3.05, 3.63) is 88.0 Å². The predicted octanol–water partition coefficient (Wildman–Crippen LogP) is 8.07. The average molecular weight is 706 g/mol. The standard InChI is InChI=1S/3C13H18O3.Ca/c3*1-3-4-5-9-16-12-8-6-7-11(10(12)2)13(14)15;/h3*6-8H,3-5,9H2,1-2H3,(H,14,15);/q;;;+2/p-1. The number of aromatic carboxylic acids is 3. The van der Waals surface area contributed by atoms with E-state index in [-0.39, 0.29) is 43.3 Å². The molecular weight excluding hydrogens is 652 g/mol. The zero-order chi connectivity index (χ0) is 35.9. The van der Waals surface area contributed by atoms with Gasteiger partial charge in [0.2, 0.25) is 0 Å². The zero-order valence-electron chi connectivity index (χ0n) is 30.1. The largest absolute Gasteiger partial charge is 2.00 e. The second-order valence-electron chi connectivity index (χ2n) is 11.4. The first-order chi connectivity index (χ1) is 23.0. The number of carboxylic acid groups (broad SMARTS) is 3. The van der Waals surface area contributed by atoms with Crippen molar-refractivity contribution in [1.29, 1.82) is 0 Å². The Labute approximate surface area is 322 Å². The van der Waals surface area contributed by atoms with Gasteiger partial charge in [-0.25, -0.2) is 9.59 Å². The van der Waals surface area contributed by atoms with Crippen molar-refractivity contribution in [3.63, 3.8) is 0 Å². The van der Waals surface area contributed by atoms with Crippen molar-refractivity contribution in [2.45, 2.75) is 99.3 Å². The number of rotatable bonds is 18. The Balaban J connectivity index is 0.000000698. The summed E-state index contributed by atoms with van der Waals surface area (Å²) in [6.45, 7) is 13.6. The fourth-order valence-corrected chi connectivity index (χ4v) is 4.60.